The van der Waals surface area contributed by atoms with E-state index < -0.39 is 29.7 Å². The molecule has 20 nitrogen and oxygen atoms in total. The lowest BCUT2D eigenvalue weighted by Gasteiger charge is -2.29. The second-order valence-electron chi connectivity index (χ2n) is 19.7. The average Bonchev–Trinajstić information content (AvgIpc) is 4.21. The number of amides is 3. The second-order valence-corrected chi connectivity index (χ2v) is 21.7. The first kappa shape index (κ1) is 59.0. The summed E-state index contributed by atoms with van der Waals surface area (Å²) < 4.78 is 60.8. The van der Waals surface area contributed by atoms with E-state index in [1.54, 1.807) is 36.5 Å². The number of likely N-dealkylation sites (N-methyl/N-ethyl adjacent to an activating group) is 1. The van der Waals surface area contributed by atoms with Crippen LogP contribution < -0.4 is 25.6 Å². The van der Waals surface area contributed by atoms with Crippen LogP contribution in [0.5, 0.6) is 11.5 Å². The van der Waals surface area contributed by atoms with Gasteiger partial charge in [-0.1, -0.05) is 37.2 Å². The summed E-state index contributed by atoms with van der Waals surface area (Å²) in [5.74, 6) is -1.99. The number of aromatic hydroxyl groups is 1. The largest absolute Gasteiger partial charge is 0.507 e. The van der Waals surface area contributed by atoms with Crippen LogP contribution in [0.3, 0.4) is 0 Å². The van der Waals surface area contributed by atoms with E-state index in [1.807, 2.05) is 66.5 Å². The zero-order valence-electron chi connectivity index (χ0n) is 44.9. The molecule has 0 radical (unpaired) electrons. The number of aliphatic hydroxyl groups is 1. The summed E-state index contributed by atoms with van der Waals surface area (Å²) in [6.07, 6.45) is -0.651. The second kappa shape index (κ2) is 27.8. The van der Waals surface area contributed by atoms with Crippen LogP contribution in [0.25, 0.3) is 32.5 Å². The molecule has 0 saturated carbocycles. The number of phenols is 1. The van der Waals surface area contributed by atoms with Gasteiger partial charge in [0.05, 0.1) is 73.1 Å². The van der Waals surface area contributed by atoms with Crippen molar-refractivity contribution >= 4 is 74.3 Å². The molecule has 2 aliphatic heterocycles. The Balaban J connectivity index is 0.746. The number of halogens is 3. The van der Waals surface area contributed by atoms with Crippen molar-refractivity contribution in [3.63, 3.8) is 0 Å². The molecular weight excluding hydrogens is 1160 g/mol. The number of rotatable bonds is 26. The number of hydrogen-bond acceptors (Lipinski definition) is 18. The van der Waals surface area contributed by atoms with Gasteiger partial charge in [0.25, 0.3) is 0 Å². The Morgan fingerprint density at radius 2 is 1.71 bits per heavy atom. The van der Waals surface area contributed by atoms with E-state index in [9.17, 15) is 29.0 Å². The zero-order valence-corrected chi connectivity index (χ0v) is 47.8. The van der Waals surface area contributed by atoms with Crippen molar-refractivity contribution in [1.82, 2.24) is 40.5 Å². The molecule has 2 fully saturated rings. The van der Waals surface area contributed by atoms with Crippen LogP contribution in [0.2, 0.25) is 0 Å². The Bertz CT molecular complexity index is 3050. The number of aryl methyl sites for hydroxylation is 2. The smallest absolute Gasteiger partial charge is 0.243 e. The Morgan fingerprint density at radius 3 is 2.39 bits per heavy atom. The van der Waals surface area contributed by atoms with Crippen LogP contribution in [0.15, 0.2) is 58.6 Å². The van der Waals surface area contributed by atoms with Crippen LogP contribution in [0.1, 0.15) is 55.3 Å². The van der Waals surface area contributed by atoms with Gasteiger partial charge in [-0.05, 0) is 72.2 Å². The number of carbonyl (C=O) groups is 3. The third-order valence-electron chi connectivity index (χ3n) is 13.6. The van der Waals surface area contributed by atoms with Crippen molar-refractivity contribution < 1.29 is 56.8 Å². The number of aliphatic hydroxyl groups excluding tert-OH is 1. The van der Waals surface area contributed by atoms with Gasteiger partial charge in [-0.15, -0.1) is 11.3 Å². The zero-order chi connectivity index (χ0) is 56.2. The summed E-state index contributed by atoms with van der Waals surface area (Å²) in [5, 5.41) is 34.9. The number of thiazole rings is 1. The minimum absolute atomic E-state index is 0.0308. The molecule has 5 heterocycles. The molecule has 3 aromatic carbocycles. The predicted octanol–water partition coefficient (Wildman–Crippen LogP) is 6.43. The van der Waals surface area contributed by atoms with E-state index in [4.69, 9.17) is 28.5 Å². The molecule has 3 amide bonds. The number of anilines is 2. The lowest BCUT2D eigenvalue weighted by Crippen LogP contribution is -2.48. The number of nitrogens with one attached hydrogen (secondary N) is 3. The number of carbonyl (C=O) groups excluding carboxylic acids is 3. The summed E-state index contributed by atoms with van der Waals surface area (Å²) in [7, 11) is 1.68. The normalized spacial score (nSPS) is 16.0. The third kappa shape index (κ3) is 14.8. The van der Waals surface area contributed by atoms with Crippen LogP contribution >= 0.6 is 33.9 Å². The average molecular weight is 1230 g/mol. The highest BCUT2D eigenvalue weighted by Gasteiger charge is 2.43. The number of piperazine rings is 1. The quantitative estimate of drug-likeness (QED) is 0.0290. The van der Waals surface area contributed by atoms with E-state index >= 15 is 4.39 Å². The maximum absolute atomic E-state index is 16.5. The van der Waals surface area contributed by atoms with E-state index in [0.29, 0.717) is 96.7 Å². The fourth-order valence-electron chi connectivity index (χ4n) is 9.52. The highest BCUT2D eigenvalue weighted by atomic mass is 127. The maximum Gasteiger partial charge on any atom is 0.243 e. The molecular formula is C55H67F2IN10O10S. The summed E-state index contributed by atoms with van der Waals surface area (Å²) in [6, 6.07) is 12.1. The fourth-order valence-corrected chi connectivity index (χ4v) is 11.1. The summed E-state index contributed by atoms with van der Waals surface area (Å²) in [4.78, 5) is 60.4. The third-order valence-corrected chi connectivity index (χ3v) is 15.5. The van der Waals surface area contributed by atoms with Gasteiger partial charge in [0, 0.05) is 98.4 Å². The number of ether oxygens (including phenoxy) is 4. The van der Waals surface area contributed by atoms with E-state index in [2.05, 4.69) is 31.1 Å². The number of fused-ring (bicyclic) bond motifs is 1. The number of aromatic nitrogens is 4. The number of likely N-dealkylation sites (tertiary alicyclic amines) is 1. The maximum atomic E-state index is 16.5. The highest BCUT2D eigenvalue weighted by molar-refractivity contribution is 14.1. The van der Waals surface area contributed by atoms with Crippen molar-refractivity contribution in [3.8, 4) is 33.1 Å². The number of hydrogen-bond donors (Lipinski definition) is 5. The van der Waals surface area contributed by atoms with Gasteiger partial charge < -0.3 is 64.3 Å². The number of nitrogens with zero attached hydrogens (tertiary/aromatic N) is 7. The fraction of sp³-hybridized carbons (Fsp3) is 0.473. The van der Waals surface area contributed by atoms with Crippen molar-refractivity contribution in [2.45, 2.75) is 65.1 Å². The SMILES string of the molecule is Cc1cc([C@@H](C(=O)N2C[C@H](O)C[C@H]2C(=O)NCc2ccc(-c3scnc3C)cc2OCCOCCOCCOCCN(C)C(=O)CCNc2nc(N3CCNCC3)c3cc(I)c(-c4c(O)cccc4F)c(F)c3n2)C(C)C)on1. The van der Waals surface area contributed by atoms with Crippen LogP contribution in [0.4, 0.5) is 20.5 Å². The first-order valence-electron chi connectivity index (χ1n) is 26.3. The molecule has 0 bridgehead atoms. The molecule has 0 spiro atoms. The first-order chi connectivity index (χ1) is 38.1. The van der Waals surface area contributed by atoms with Crippen molar-refractivity contribution in [3.05, 3.63) is 92.0 Å². The van der Waals surface area contributed by atoms with Crippen molar-refractivity contribution in [1.29, 1.82) is 0 Å². The van der Waals surface area contributed by atoms with Gasteiger partial charge in [-0.2, -0.15) is 4.98 Å². The number of benzene rings is 3. The molecule has 3 aromatic heterocycles. The van der Waals surface area contributed by atoms with Gasteiger partial charge in [0.1, 0.15) is 53.0 Å². The van der Waals surface area contributed by atoms with E-state index in [-0.39, 0.29) is 104 Å². The molecule has 79 heavy (non-hydrogen) atoms. The molecule has 8 rings (SSSR count). The highest BCUT2D eigenvalue weighted by Crippen LogP contribution is 2.41. The summed E-state index contributed by atoms with van der Waals surface area (Å²) >= 11 is 3.45. The Kier molecular flexibility index (Phi) is 20.8. The van der Waals surface area contributed by atoms with Gasteiger partial charge in [0.2, 0.25) is 23.7 Å². The number of β-amino-alcohol motifs (C(OH)–C–C–N with tert-alkyl or cyclic N) is 1. The minimum atomic E-state index is -0.875. The molecule has 5 N–H and O–H groups in total. The Morgan fingerprint density at radius 1 is 0.975 bits per heavy atom. The Hall–Kier alpha value is -6.16. The van der Waals surface area contributed by atoms with Gasteiger partial charge in [-0.3, -0.25) is 14.4 Å². The monoisotopic (exact) mass is 1220 g/mol. The molecule has 2 saturated heterocycles. The summed E-state index contributed by atoms with van der Waals surface area (Å²) in [6.45, 7) is 12.8. The summed E-state index contributed by atoms with van der Waals surface area (Å²) in [5.41, 5.74) is 4.56. The van der Waals surface area contributed by atoms with Gasteiger partial charge in [0.15, 0.2) is 5.82 Å². The van der Waals surface area contributed by atoms with Gasteiger partial charge in [-0.25, -0.2) is 18.7 Å². The molecule has 6 aromatic rings. The van der Waals surface area contributed by atoms with E-state index in [1.165, 1.54) is 28.4 Å². The van der Waals surface area contributed by atoms with Crippen molar-refractivity contribution in [2.24, 2.45) is 5.92 Å². The first-order valence-corrected chi connectivity index (χ1v) is 28.2. The lowest BCUT2D eigenvalue weighted by atomic mass is 9.91. The molecule has 0 unspecified atom stereocenters. The van der Waals surface area contributed by atoms with Crippen LogP contribution in [-0.4, -0.2) is 169 Å². The molecule has 3 atom stereocenters. The minimum Gasteiger partial charge on any atom is -0.507 e. The molecule has 2 aliphatic rings. The predicted molar refractivity (Wildman–Crippen MR) is 302 cm³/mol. The van der Waals surface area contributed by atoms with Gasteiger partial charge >= 0.3 is 0 Å². The standard InChI is InChI=1S/C55H67F2IN10O10S/c1-32(2)46(44-25-33(3)65-78-44)54(73)68-30-37(69)27-41(68)53(72)61-29-36-10-9-35(51-34(4)62-31-79-51)26-43(36)77-24-23-76-22-21-75-20-19-74-18-17-66(5)45(71)11-12-60-55-63-50-38(52(64-55)67-15-13-59-14-16-67)28-40(58)48(49(50)57)47-39(56)7-6-8-42(47)70/h6-10,25-26,28,31-32,37,41,46,59,69-70H,11-24,27,29-30H2,1-5H3,(H,61,72)(H,60,63,64)/t37-,41+,46+/m1/s1. The van der Waals surface area contributed by atoms with Crippen molar-refractivity contribution in [2.75, 3.05) is 109 Å². The number of phenolic OH excluding ortho intramolecular Hbond substituents is 1. The lowest BCUT2D eigenvalue weighted by molar-refractivity contribution is -0.141. The topological polar surface area (TPSA) is 239 Å². The molecule has 24 heteroatoms. The van der Waals surface area contributed by atoms with Crippen LogP contribution in [0, 0.1) is 35.0 Å². The molecule has 424 valence electrons. The van der Waals surface area contributed by atoms with E-state index in [0.717, 1.165) is 22.2 Å². The Labute approximate surface area is 474 Å². The van der Waals surface area contributed by atoms with Crippen LogP contribution in [-0.2, 0) is 35.1 Å². The molecule has 0 aliphatic carbocycles.